The van der Waals surface area contributed by atoms with Crippen LogP contribution >= 0.6 is 0 Å². The number of benzene rings is 1. The summed E-state index contributed by atoms with van der Waals surface area (Å²) < 4.78 is 23.7. The van der Waals surface area contributed by atoms with Gasteiger partial charge < -0.3 is 20.3 Å². The normalized spacial score (nSPS) is 18.9. The first-order valence-corrected chi connectivity index (χ1v) is 12.4. The summed E-state index contributed by atoms with van der Waals surface area (Å²) in [5.74, 6) is 0.756. The molecule has 4 aromatic rings. The molecule has 3 heterocycles. The van der Waals surface area contributed by atoms with Gasteiger partial charge in [-0.1, -0.05) is 12.1 Å². The average Bonchev–Trinajstić information content (AvgIpc) is 3.50. The smallest absolute Gasteiger partial charge is 0.165 e. The molecule has 0 amide bonds. The number of halogens is 1. The number of aliphatic hydroxyl groups excluding tert-OH is 2. The first-order chi connectivity index (χ1) is 17.6. The Balaban J connectivity index is 1.41. The first-order valence-electron chi connectivity index (χ1n) is 12.4. The summed E-state index contributed by atoms with van der Waals surface area (Å²) in [6.07, 6.45) is 7.78. The number of aromatic nitrogens is 5. The molecule has 0 unspecified atom stereocenters. The fourth-order valence-corrected chi connectivity index (χ4v) is 4.79. The Bertz CT molecular complexity index is 1310. The van der Waals surface area contributed by atoms with Crippen molar-refractivity contribution in [2.75, 3.05) is 18.5 Å². The molecule has 0 saturated heterocycles. The summed E-state index contributed by atoms with van der Waals surface area (Å²) in [5, 5.41) is 32.4. The van der Waals surface area contributed by atoms with Gasteiger partial charge in [-0.05, 0) is 44.7 Å². The monoisotopic (exact) mass is 494 g/mol. The van der Waals surface area contributed by atoms with Crippen LogP contribution in [0.5, 0.6) is 5.75 Å². The minimum absolute atomic E-state index is 0.0328. The molecule has 1 aliphatic rings. The number of nitrogens with one attached hydrogen (secondary N) is 1. The van der Waals surface area contributed by atoms with Gasteiger partial charge in [-0.15, -0.1) is 0 Å². The number of fused-ring (bicyclic) bond motifs is 1. The Morgan fingerprint density at radius 1 is 1.19 bits per heavy atom. The van der Waals surface area contributed by atoms with E-state index in [-0.39, 0.29) is 31.1 Å². The Labute approximate surface area is 208 Å². The minimum Gasteiger partial charge on any atom is -0.487 e. The Hall–Kier alpha value is -3.50. The second-order valence-electron chi connectivity index (χ2n) is 9.18. The van der Waals surface area contributed by atoms with E-state index in [0.717, 1.165) is 60.2 Å². The zero-order chi connectivity index (χ0) is 25.1. The van der Waals surface area contributed by atoms with E-state index in [1.165, 1.54) is 6.07 Å². The number of anilines is 1. The molecule has 1 saturated carbocycles. The van der Waals surface area contributed by atoms with Crippen LogP contribution in [0.3, 0.4) is 0 Å². The standard InChI is InChI=1S/C26H31FN6O3/c1-2-28-25-11-23-21(13-29-25)26(17-12-30-32(14-17)15-19(35)16-34)31-33(23)18-7-9-20(10-8-18)36-24-6-4-3-5-22(24)27/h3-6,11-14,18-20,34-35H,2,7-10,15-16H2,1H3,(H,28,29)/t18-,19-,20+/m0/s1. The number of ether oxygens (including phenoxy) is 1. The summed E-state index contributed by atoms with van der Waals surface area (Å²) in [7, 11) is 0. The number of rotatable bonds is 9. The third-order valence-electron chi connectivity index (χ3n) is 6.58. The van der Waals surface area contributed by atoms with Crippen molar-refractivity contribution in [3.63, 3.8) is 0 Å². The third-order valence-corrected chi connectivity index (χ3v) is 6.58. The van der Waals surface area contributed by atoms with E-state index in [4.69, 9.17) is 14.9 Å². The highest BCUT2D eigenvalue weighted by Crippen LogP contribution is 2.36. The number of hydrogen-bond donors (Lipinski definition) is 3. The van der Waals surface area contributed by atoms with E-state index in [1.807, 2.05) is 25.4 Å². The second kappa shape index (κ2) is 10.6. The Morgan fingerprint density at radius 3 is 2.75 bits per heavy atom. The van der Waals surface area contributed by atoms with Crippen molar-refractivity contribution in [2.45, 2.75) is 57.4 Å². The fraction of sp³-hybridized carbons (Fsp3) is 0.423. The van der Waals surface area contributed by atoms with Crippen LogP contribution in [0.1, 0.15) is 38.6 Å². The molecule has 0 aliphatic heterocycles. The molecule has 1 atom stereocenters. The molecule has 3 aromatic heterocycles. The van der Waals surface area contributed by atoms with Crippen molar-refractivity contribution < 1.29 is 19.3 Å². The Morgan fingerprint density at radius 2 is 2.00 bits per heavy atom. The quantitative estimate of drug-likeness (QED) is 0.325. The topological polar surface area (TPSA) is 110 Å². The van der Waals surface area contributed by atoms with Crippen molar-refractivity contribution in [1.29, 1.82) is 0 Å². The van der Waals surface area contributed by atoms with E-state index in [1.54, 1.807) is 29.1 Å². The van der Waals surface area contributed by atoms with Gasteiger partial charge >= 0.3 is 0 Å². The van der Waals surface area contributed by atoms with Crippen LogP contribution < -0.4 is 10.1 Å². The largest absolute Gasteiger partial charge is 0.487 e. The number of nitrogens with zero attached hydrogens (tertiary/aromatic N) is 5. The average molecular weight is 495 g/mol. The summed E-state index contributed by atoms with van der Waals surface area (Å²) in [4.78, 5) is 4.56. The first kappa shape index (κ1) is 24.2. The molecule has 1 fully saturated rings. The molecule has 9 nitrogen and oxygen atoms in total. The molecule has 0 spiro atoms. The van der Waals surface area contributed by atoms with Crippen LogP contribution in [0, 0.1) is 5.82 Å². The van der Waals surface area contributed by atoms with E-state index in [0.29, 0.717) is 5.75 Å². The number of pyridine rings is 1. The maximum absolute atomic E-state index is 14.0. The lowest BCUT2D eigenvalue weighted by molar-refractivity contribution is 0.0783. The van der Waals surface area contributed by atoms with Gasteiger partial charge in [0.1, 0.15) is 11.5 Å². The summed E-state index contributed by atoms with van der Waals surface area (Å²) in [6, 6.07) is 8.73. The molecule has 1 aromatic carbocycles. The molecular weight excluding hydrogens is 463 g/mol. The van der Waals surface area contributed by atoms with E-state index in [2.05, 4.69) is 20.1 Å². The molecule has 0 radical (unpaired) electrons. The van der Waals surface area contributed by atoms with Gasteiger partial charge in [0.25, 0.3) is 0 Å². The highest BCUT2D eigenvalue weighted by atomic mass is 19.1. The molecule has 10 heteroatoms. The van der Waals surface area contributed by atoms with Crippen LogP contribution in [-0.4, -0.2) is 60.1 Å². The van der Waals surface area contributed by atoms with Crippen LogP contribution in [-0.2, 0) is 6.54 Å². The van der Waals surface area contributed by atoms with Crippen LogP contribution in [0.2, 0.25) is 0 Å². The fourth-order valence-electron chi connectivity index (χ4n) is 4.79. The maximum Gasteiger partial charge on any atom is 0.165 e. The summed E-state index contributed by atoms with van der Waals surface area (Å²) >= 11 is 0. The highest BCUT2D eigenvalue weighted by Gasteiger charge is 2.27. The van der Waals surface area contributed by atoms with Crippen molar-refractivity contribution in [3.05, 3.63) is 54.7 Å². The molecule has 1 aliphatic carbocycles. The molecule has 190 valence electrons. The summed E-state index contributed by atoms with van der Waals surface area (Å²) in [6.45, 7) is 2.66. The molecule has 3 N–H and O–H groups in total. The van der Waals surface area contributed by atoms with Gasteiger partial charge in [0.2, 0.25) is 0 Å². The van der Waals surface area contributed by atoms with Crippen molar-refractivity contribution in [1.82, 2.24) is 24.5 Å². The van der Waals surface area contributed by atoms with Crippen molar-refractivity contribution >= 4 is 16.7 Å². The number of hydrogen-bond acceptors (Lipinski definition) is 7. The van der Waals surface area contributed by atoms with Gasteiger partial charge in [-0.2, -0.15) is 10.2 Å². The third kappa shape index (κ3) is 5.05. The van der Waals surface area contributed by atoms with E-state index in [9.17, 15) is 9.50 Å². The predicted molar refractivity (Wildman–Crippen MR) is 134 cm³/mol. The van der Waals surface area contributed by atoms with Crippen molar-refractivity contribution in [2.24, 2.45) is 0 Å². The molecule has 36 heavy (non-hydrogen) atoms. The molecule has 0 bridgehead atoms. The van der Waals surface area contributed by atoms with Gasteiger partial charge in [-0.3, -0.25) is 9.36 Å². The molecular formula is C26H31FN6O3. The molecule has 5 rings (SSSR count). The van der Waals surface area contributed by atoms with Gasteiger partial charge in [0.05, 0.1) is 43.1 Å². The lowest BCUT2D eigenvalue weighted by Crippen LogP contribution is -2.26. The SMILES string of the molecule is CCNc1cc2c(cn1)c(-c1cnn(C[C@H](O)CO)c1)nn2[C@H]1CC[C@@H](Oc2ccccc2F)CC1. The Kier molecular flexibility index (Phi) is 7.15. The lowest BCUT2D eigenvalue weighted by atomic mass is 9.93. The number of aliphatic hydroxyl groups is 2. The zero-order valence-corrected chi connectivity index (χ0v) is 20.2. The van der Waals surface area contributed by atoms with Crippen LogP contribution in [0.4, 0.5) is 10.2 Å². The summed E-state index contributed by atoms with van der Waals surface area (Å²) in [5.41, 5.74) is 2.58. The maximum atomic E-state index is 14.0. The van der Waals surface area contributed by atoms with Crippen LogP contribution in [0.25, 0.3) is 22.2 Å². The zero-order valence-electron chi connectivity index (χ0n) is 20.2. The highest BCUT2D eigenvalue weighted by molar-refractivity contribution is 5.93. The predicted octanol–water partition coefficient (Wildman–Crippen LogP) is 3.78. The van der Waals surface area contributed by atoms with Gasteiger partial charge in [-0.25, -0.2) is 9.37 Å². The van der Waals surface area contributed by atoms with Crippen LogP contribution in [0.15, 0.2) is 48.9 Å². The second-order valence-corrected chi connectivity index (χ2v) is 9.18. The minimum atomic E-state index is -0.877. The van der Waals surface area contributed by atoms with Gasteiger partial charge in [0, 0.05) is 36.0 Å². The number of para-hydroxylation sites is 1. The van der Waals surface area contributed by atoms with Gasteiger partial charge in [0.15, 0.2) is 11.6 Å². The van der Waals surface area contributed by atoms with Crippen molar-refractivity contribution in [3.8, 4) is 17.0 Å². The van der Waals surface area contributed by atoms with E-state index < -0.39 is 6.10 Å². The van der Waals surface area contributed by atoms with E-state index >= 15 is 0 Å². The lowest BCUT2D eigenvalue weighted by Gasteiger charge is -2.29.